The molecule has 0 bridgehead atoms. The minimum absolute atomic E-state index is 0.125. The molecule has 2 aromatic rings. The van der Waals surface area contributed by atoms with Crippen molar-refractivity contribution < 1.29 is 14.3 Å². The van der Waals surface area contributed by atoms with Gasteiger partial charge in [-0.25, -0.2) is 0 Å². The number of aryl methyl sites for hydroxylation is 3. The summed E-state index contributed by atoms with van der Waals surface area (Å²) in [5, 5.41) is 5.86. The molecule has 0 heterocycles. The lowest BCUT2D eigenvalue weighted by atomic mass is 10.1. The third-order valence-electron chi connectivity index (χ3n) is 4.56. The van der Waals surface area contributed by atoms with E-state index in [9.17, 15) is 9.59 Å². The number of nitrogens with one attached hydrogen (secondary N) is 2. The van der Waals surface area contributed by atoms with Crippen molar-refractivity contribution in [1.82, 2.24) is 10.2 Å². The Kier molecular flexibility index (Phi) is 8.36. The van der Waals surface area contributed by atoms with Crippen LogP contribution in [-0.4, -0.2) is 44.0 Å². The minimum Gasteiger partial charge on any atom is -0.380 e. The van der Waals surface area contributed by atoms with Crippen molar-refractivity contribution >= 4 is 17.5 Å². The van der Waals surface area contributed by atoms with Gasteiger partial charge in [0.05, 0.1) is 19.7 Å². The van der Waals surface area contributed by atoms with E-state index < -0.39 is 0 Å². The van der Waals surface area contributed by atoms with Gasteiger partial charge in [0.25, 0.3) is 0 Å². The van der Waals surface area contributed by atoms with Gasteiger partial charge in [0, 0.05) is 19.3 Å². The molecule has 0 aliphatic heterocycles. The number of benzene rings is 2. The Labute approximate surface area is 173 Å². The summed E-state index contributed by atoms with van der Waals surface area (Å²) in [5.74, 6) is -0.261. The molecule has 0 saturated carbocycles. The monoisotopic (exact) mass is 397 g/mol. The molecule has 6 nitrogen and oxygen atoms in total. The number of methoxy groups -OCH3 is 1. The van der Waals surface area contributed by atoms with E-state index in [0.717, 1.165) is 27.9 Å². The molecule has 0 spiro atoms. The number of ether oxygens (including phenoxy) is 1. The van der Waals surface area contributed by atoms with E-state index in [1.807, 2.05) is 57.2 Å². The number of carbonyl (C=O) groups excluding carboxylic acids is 2. The van der Waals surface area contributed by atoms with Crippen LogP contribution in [0.3, 0.4) is 0 Å². The maximum atomic E-state index is 12.4. The molecule has 2 rings (SSSR count). The van der Waals surface area contributed by atoms with Crippen LogP contribution in [-0.2, 0) is 27.5 Å². The quantitative estimate of drug-likeness (QED) is 0.683. The van der Waals surface area contributed by atoms with Crippen molar-refractivity contribution in [1.29, 1.82) is 0 Å². The van der Waals surface area contributed by atoms with E-state index in [4.69, 9.17) is 4.74 Å². The van der Waals surface area contributed by atoms with Crippen LogP contribution in [0, 0.1) is 20.8 Å². The number of hydrogen-bond acceptors (Lipinski definition) is 4. The van der Waals surface area contributed by atoms with Crippen molar-refractivity contribution in [3.05, 3.63) is 64.2 Å². The zero-order chi connectivity index (χ0) is 21.4. The summed E-state index contributed by atoms with van der Waals surface area (Å²) in [6, 6.07) is 12.0. The first-order chi connectivity index (χ1) is 13.8. The third-order valence-corrected chi connectivity index (χ3v) is 4.56. The normalized spacial score (nSPS) is 10.8. The van der Waals surface area contributed by atoms with E-state index in [1.54, 1.807) is 19.1 Å². The van der Waals surface area contributed by atoms with Crippen molar-refractivity contribution in [2.24, 2.45) is 0 Å². The van der Waals surface area contributed by atoms with Gasteiger partial charge in [-0.15, -0.1) is 0 Å². The van der Waals surface area contributed by atoms with Crippen molar-refractivity contribution in [3.63, 3.8) is 0 Å². The Balaban J connectivity index is 1.81. The molecule has 0 fully saturated rings. The smallest absolute Gasteiger partial charge is 0.238 e. The van der Waals surface area contributed by atoms with Gasteiger partial charge in [-0.05, 0) is 50.1 Å². The molecule has 2 amide bonds. The van der Waals surface area contributed by atoms with Gasteiger partial charge in [0.2, 0.25) is 11.8 Å². The maximum Gasteiger partial charge on any atom is 0.238 e. The standard InChI is InChI=1S/C23H31N3O3/c1-16-9-17(2)23(18(3)10-16)25-22(28)14-26(4)13-21(27)24-12-19-7-6-8-20(11-19)15-29-5/h6-11H,12-15H2,1-5H3,(H,24,27)(H,25,28). The summed E-state index contributed by atoms with van der Waals surface area (Å²) in [5.41, 5.74) is 6.15. The predicted octanol–water partition coefficient (Wildman–Crippen LogP) is 2.94. The molecule has 6 heteroatoms. The molecule has 0 unspecified atom stereocenters. The number of carbonyl (C=O) groups is 2. The van der Waals surface area contributed by atoms with E-state index in [2.05, 4.69) is 10.6 Å². The van der Waals surface area contributed by atoms with Crippen molar-refractivity contribution in [3.8, 4) is 0 Å². The van der Waals surface area contributed by atoms with Gasteiger partial charge < -0.3 is 15.4 Å². The highest BCUT2D eigenvalue weighted by Crippen LogP contribution is 2.21. The SMILES string of the molecule is COCc1cccc(CNC(=O)CN(C)CC(=O)Nc2c(C)cc(C)cc2C)c1. The van der Waals surface area contributed by atoms with Crippen molar-refractivity contribution in [2.75, 3.05) is 32.6 Å². The van der Waals surface area contributed by atoms with Gasteiger partial charge >= 0.3 is 0 Å². The minimum atomic E-state index is -0.136. The number of likely N-dealkylation sites (N-methyl/N-ethyl adjacent to an activating group) is 1. The topological polar surface area (TPSA) is 70.7 Å². The van der Waals surface area contributed by atoms with Crippen molar-refractivity contribution in [2.45, 2.75) is 33.9 Å². The van der Waals surface area contributed by atoms with Crippen LogP contribution in [0.2, 0.25) is 0 Å². The van der Waals surface area contributed by atoms with Crippen LogP contribution in [0.25, 0.3) is 0 Å². The second-order valence-corrected chi connectivity index (χ2v) is 7.52. The zero-order valence-corrected chi connectivity index (χ0v) is 18.0. The van der Waals surface area contributed by atoms with Gasteiger partial charge in [-0.1, -0.05) is 42.0 Å². The number of amides is 2. The lowest BCUT2D eigenvalue weighted by Gasteiger charge is -2.18. The predicted molar refractivity (Wildman–Crippen MR) is 116 cm³/mol. The van der Waals surface area contributed by atoms with Crippen LogP contribution in [0.4, 0.5) is 5.69 Å². The zero-order valence-electron chi connectivity index (χ0n) is 18.0. The molecule has 29 heavy (non-hydrogen) atoms. The van der Waals surface area contributed by atoms with E-state index in [1.165, 1.54) is 5.56 Å². The highest BCUT2D eigenvalue weighted by Gasteiger charge is 2.13. The number of hydrogen-bond donors (Lipinski definition) is 2. The molecule has 0 saturated heterocycles. The summed E-state index contributed by atoms with van der Waals surface area (Å²) in [4.78, 5) is 26.3. The summed E-state index contributed by atoms with van der Waals surface area (Å²) in [6.07, 6.45) is 0. The van der Waals surface area contributed by atoms with E-state index in [-0.39, 0.29) is 24.9 Å². The molecule has 0 aliphatic carbocycles. The summed E-state index contributed by atoms with van der Waals surface area (Å²) < 4.78 is 5.13. The van der Waals surface area contributed by atoms with Gasteiger partial charge in [-0.3, -0.25) is 14.5 Å². The molecule has 0 atom stereocenters. The van der Waals surface area contributed by atoms with Crippen LogP contribution in [0.1, 0.15) is 27.8 Å². The Morgan fingerprint density at radius 3 is 2.24 bits per heavy atom. The Hall–Kier alpha value is -2.70. The molecule has 2 aromatic carbocycles. The van der Waals surface area contributed by atoms with E-state index >= 15 is 0 Å². The van der Waals surface area contributed by atoms with Gasteiger partial charge in [0.15, 0.2) is 0 Å². The Morgan fingerprint density at radius 2 is 1.59 bits per heavy atom. The summed E-state index contributed by atoms with van der Waals surface area (Å²) in [6.45, 7) is 7.27. The van der Waals surface area contributed by atoms with Crippen LogP contribution in [0.5, 0.6) is 0 Å². The molecule has 0 aliphatic rings. The highest BCUT2D eigenvalue weighted by atomic mass is 16.5. The van der Waals surface area contributed by atoms with Gasteiger partial charge in [-0.2, -0.15) is 0 Å². The summed E-state index contributed by atoms with van der Waals surface area (Å²) >= 11 is 0. The second-order valence-electron chi connectivity index (χ2n) is 7.52. The molecule has 0 aromatic heterocycles. The molecular weight excluding hydrogens is 366 g/mol. The largest absolute Gasteiger partial charge is 0.380 e. The lowest BCUT2D eigenvalue weighted by molar-refractivity contribution is -0.123. The van der Waals surface area contributed by atoms with Crippen LogP contribution < -0.4 is 10.6 Å². The number of anilines is 1. The molecular formula is C23H31N3O3. The second kappa shape index (κ2) is 10.7. The molecule has 2 N–H and O–H groups in total. The third kappa shape index (κ3) is 7.33. The molecule has 0 radical (unpaired) electrons. The van der Waals surface area contributed by atoms with Gasteiger partial charge in [0.1, 0.15) is 0 Å². The average molecular weight is 398 g/mol. The lowest BCUT2D eigenvalue weighted by Crippen LogP contribution is -2.38. The van der Waals surface area contributed by atoms with Crippen LogP contribution >= 0.6 is 0 Å². The van der Waals surface area contributed by atoms with Crippen LogP contribution in [0.15, 0.2) is 36.4 Å². The fraction of sp³-hybridized carbons (Fsp3) is 0.391. The van der Waals surface area contributed by atoms with E-state index in [0.29, 0.717) is 13.2 Å². The molecule has 156 valence electrons. The number of nitrogens with zero attached hydrogens (tertiary/aromatic N) is 1. The first-order valence-electron chi connectivity index (χ1n) is 9.68. The Bertz CT molecular complexity index is 841. The summed E-state index contributed by atoms with van der Waals surface area (Å²) in [7, 11) is 3.41. The highest BCUT2D eigenvalue weighted by molar-refractivity contribution is 5.94. The maximum absolute atomic E-state index is 12.4. The first kappa shape index (κ1) is 22.6. The average Bonchev–Trinajstić information content (AvgIpc) is 2.63. The Morgan fingerprint density at radius 1 is 0.966 bits per heavy atom. The fourth-order valence-electron chi connectivity index (χ4n) is 3.35. The fourth-order valence-corrected chi connectivity index (χ4v) is 3.35. The number of rotatable bonds is 9. The first-order valence-corrected chi connectivity index (χ1v) is 9.68.